The molecule has 1 unspecified atom stereocenters. The summed E-state index contributed by atoms with van der Waals surface area (Å²) < 4.78 is 18.3. The van der Waals surface area contributed by atoms with Gasteiger partial charge in [-0.2, -0.15) is 0 Å². The van der Waals surface area contributed by atoms with Gasteiger partial charge in [-0.3, -0.25) is 4.79 Å². The van der Waals surface area contributed by atoms with Crippen LogP contribution in [-0.2, 0) is 9.53 Å². The van der Waals surface area contributed by atoms with Gasteiger partial charge >= 0.3 is 5.97 Å². The minimum Gasteiger partial charge on any atom is -0.465 e. The van der Waals surface area contributed by atoms with Gasteiger partial charge in [-0.05, 0) is 31.5 Å². The highest BCUT2D eigenvalue weighted by atomic mass is 19.1. The summed E-state index contributed by atoms with van der Waals surface area (Å²) in [5.74, 6) is -0.500. The van der Waals surface area contributed by atoms with Crippen LogP contribution in [0.2, 0.25) is 0 Å². The van der Waals surface area contributed by atoms with Crippen molar-refractivity contribution in [3.05, 3.63) is 30.1 Å². The molecule has 4 nitrogen and oxygen atoms in total. The fraction of sp³-hybridized carbons (Fsp3) is 0.562. The minimum atomic E-state index is -0.346. The van der Waals surface area contributed by atoms with E-state index in [-0.39, 0.29) is 23.9 Å². The lowest BCUT2D eigenvalue weighted by Gasteiger charge is -2.24. The third-order valence-corrected chi connectivity index (χ3v) is 3.11. The van der Waals surface area contributed by atoms with Crippen molar-refractivity contribution in [2.45, 2.75) is 39.3 Å². The Hall–Kier alpha value is -1.62. The molecular weight excluding hydrogens is 271 g/mol. The average Bonchev–Trinajstić information content (AvgIpc) is 2.42. The van der Waals surface area contributed by atoms with Crippen molar-refractivity contribution in [2.24, 2.45) is 0 Å². The zero-order valence-electron chi connectivity index (χ0n) is 13.2. The molecule has 0 aliphatic carbocycles. The summed E-state index contributed by atoms with van der Waals surface area (Å²) in [6, 6.07) is 6.27. The number of anilines is 1. The predicted molar refractivity (Wildman–Crippen MR) is 83.0 cm³/mol. The number of rotatable bonds is 8. The SMILES string of the molecule is CCOC(=O)C(CCN(C)c1cccc(F)c1)NC(C)C. The lowest BCUT2D eigenvalue weighted by atomic mass is 10.1. The molecule has 118 valence electrons. The molecule has 0 saturated carbocycles. The van der Waals surface area contributed by atoms with Gasteiger partial charge < -0.3 is 15.0 Å². The van der Waals surface area contributed by atoms with Crippen molar-refractivity contribution in [3.63, 3.8) is 0 Å². The third-order valence-electron chi connectivity index (χ3n) is 3.11. The second-order valence-electron chi connectivity index (χ2n) is 5.32. The van der Waals surface area contributed by atoms with E-state index in [1.165, 1.54) is 12.1 Å². The van der Waals surface area contributed by atoms with E-state index < -0.39 is 0 Å². The molecule has 0 bridgehead atoms. The molecule has 1 rings (SSSR count). The van der Waals surface area contributed by atoms with Crippen LogP contribution in [0.1, 0.15) is 27.2 Å². The van der Waals surface area contributed by atoms with Crippen LogP contribution >= 0.6 is 0 Å². The predicted octanol–water partition coefficient (Wildman–Crippen LogP) is 2.58. The molecule has 0 fully saturated rings. The van der Waals surface area contributed by atoms with Crippen molar-refractivity contribution < 1.29 is 13.9 Å². The van der Waals surface area contributed by atoms with Crippen molar-refractivity contribution >= 4 is 11.7 Å². The van der Waals surface area contributed by atoms with Crippen LogP contribution in [0.4, 0.5) is 10.1 Å². The van der Waals surface area contributed by atoms with Crippen LogP contribution in [0.15, 0.2) is 24.3 Å². The topological polar surface area (TPSA) is 41.6 Å². The molecule has 0 saturated heterocycles. The number of esters is 1. The Bertz CT molecular complexity index is 452. The number of hydrogen-bond acceptors (Lipinski definition) is 4. The van der Waals surface area contributed by atoms with Gasteiger partial charge in [0.2, 0.25) is 0 Å². The first-order valence-corrected chi connectivity index (χ1v) is 7.33. The van der Waals surface area contributed by atoms with Gasteiger partial charge in [0.05, 0.1) is 6.61 Å². The number of benzene rings is 1. The molecule has 0 heterocycles. The van der Waals surface area contributed by atoms with Gasteiger partial charge in [0.25, 0.3) is 0 Å². The standard InChI is InChI=1S/C16H25FN2O2/c1-5-21-16(20)15(18-12(2)3)9-10-19(4)14-8-6-7-13(17)11-14/h6-8,11-12,15,18H,5,9-10H2,1-4H3. The molecule has 1 aromatic carbocycles. The van der Waals surface area contributed by atoms with E-state index in [1.54, 1.807) is 13.0 Å². The van der Waals surface area contributed by atoms with Crippen LogP contribution in [0.25, 0.3) is 0 Å². The van der Waals surface area contributed by atoms with Gasteiger partial charge in [-0.1, -0.05) is 19.9 Å². The Morgan fingerprint density at radius 3 is 2.71 bits per heavy atom. The van der Waals surface area contributed by atoms with E-state index in [0.717, 1.165) is 5.69 Å². The molecule has 1 atom stereocenters. The number of carbonyl (C=O) groups is 1. The molecule has 0 radical (unpaired) electrons. The lowest BCUT2D eigenvalue weighted by Crippen LogP contribution is -2.43. The summed E-state index contributed by atoms with van der Waals surface area (Å²) in [5, 5.41) is 3.21. The van der Waals surface area contributed by atoms with Crippen molar-refractivity contribution in [1.29, 1.82) is 0 Å². The molecular formula is C16H25FN2O2. The van der Waals surface area contributed by atoms with Crippen LogP contribution in [0, 0.1) is 5.82 Å². The summed E-state index contributed by atoms with van der Waals surface area (Å²) in [6.45, 7) is 6.77. The number of carbonyl (C=O) groups excluding carboxylic acids is 1. The summed E-state index contributed by atoms with van der Waals surface area (Å²) in [7, 11) is 1.88. The maximum absolute atomic E-state index is 13.2. The quantitative estimate of drug-likeness (QED) is 0.749. The number of nitrogens with one attached hydrogen (secondary N) is 1. The highest BCUT2D eigenvalue weighted by Gasteiger charge is 2.20. The highest BCUT2D eigenvalue weighted by molar-refractivity contribution is 5.75. The third kappa shape index (κ3) is 6.12. The van der Waals surface area contributed by atoms with E-state index >= 15 is 0 Å². The second-order valence-corrected chi connectivity index (χ2v) is 5.32. The Morgan fingerprint density at radius 1 is 1.43 bits per heavy atom. The van der Waals surface area contributed by atoms with Gasteiger partial charge in [-0.15, -0.1) is 0 Å². The maximum atomic E-state index is 13.2. The van der Waals surface area contributed by atoms with Gasteiger partial charge in [0.15, 0.2) is 0 Å². The smallest absolute Gasteiger partial charge is 0.323 e. The van der Waals surface area contributed by atoms with E-state index in [0.29, 0.717) is 19.6 Å². The number of halogens is 1. The molecule has 0 amide bonds. The zero-order chi connectivity index (χ0) is 15.8. The Labute approximate surface area is 126 Å². The first-order chi connectivity index (χ1) is 9.93. The van der Waals surface area contributed by atoms with Crippen molar-refractivity contribution in [3.8, 4) is 0 Å². The Balaban J connectivity index is 2.61. The van der Waals surface area contributed by atoms with Crippen LogP contribution < -0.4 is 10.2 Å². The number of ether oxygens (including phenoxy) is 1. The first-order valence-electron chi connectivity index (χ1n) is 7.33. The summed E-state index contributed by atoms with van der Waals surface area (Å²) >= 11 is 0. The van der Waals surface area contributed by atoms with E-state index in [2.05, 4.69) is 5.32 Å². The summed E-state index contributed by atoms with van der Waals surface area (Å²) in [5.41, 5.74) is 0.794. The molecule has 0 aromatic heterocycles. The molecule has 21 heavy (non-hydrogen) atoms. The second kappa shape index (κ2) is 8.62. The Morgan fingerprint density at radius 2 is 2.14 bits per heavy atom. The summed E-state index contributed by atoms with van der Waals surface area (Å²) in [4.78, 5) is 13.8. The largest absolute Gasteiger partial charge is 0.465 e. The van der Waals surface area contributed by atoms with Crippen LogP contribution in [0.3, 0.4) is 0 Å². The summed E-state index contributed by atoms with van der Waals surface area (Å²) in [6.07, 6.45) is 0.601. The molecule has 5 heteroatoms. The van der Waals surface area contributed by atoms with E-state index in [1.807, 2.05) is 31.9 Å². The van der Waals surface area contributed by atoms with Gasteiger partial charge in [0, 0.05) is 25.3 Å². The molecule has 1 aromatic rings. The monoisotopic (exact) mass is 296 g/mol. The van der Waals surface area contributed by atoms with Crippen LogP contribution in [0.5, 0.6) is 0 Å². The van der Waals surface area contributed by atoms with E-state index in [4.69, 9.17) is 4.74 Å². The minimum absolute atomic E-state index is 0.193. The van der Waals surface area contributed by atoms with Crippen molar-refractivity contribution in [2.75, 3.05) is 25.1 Å². The first kappa shape index (κ1) is 17.4. The van der Waals surface area contributed by atoms with Gasteiger partial charge in [0.1, 0.15) is 11.9 Å². The molecule has 1 N–H and O–H groups in total. The molecule has 0 spiro atoms. The van der Waals surface area contributed by atoms with Crippen LogP contribution in [-0.4, -0.2) is 38.3 Å². The molecule has 0 aliphatic heterocycles. The number of hydrogen-bond donors (Lipinski definition) is 1. The Kier molecular flexibility index (Phi) is 7.15. The zero-order valence-corrected chi connectivity index (χ0v) is 13.2. The van der Waals surface area contributed by atoms with Crippen molar-refractivity contribution in [1.82, 2.24) is 5.32 Å². The van der Waals surface area contributed by atoms with Gasteiger partial charge in [-0.25, -0.2) is 4.39 Å². The average molecular weight is 296 g/mol. The molecule has 0 aliphatic rings. The lowest BCUT2D eigenvalue weighted by molar-refractivity contribution is -0.146. The normalized spacial score (nSPS) is 12.3. The fourth-order valence-electron chi connectivity index (χ4n) is 2.08. The van der Waals surface area contributed by atoms with E-state index in [9.17, 15) is 9.18 Å². The fourth-order valence-corrected chi connectivity index (χ4v) is 2.08. The highest BCUT2D eigenvalue weighted by Crippen LogP contribution is 2.14. The maximum Gasteiger partial charge on any atom is 0.323 e. The number of nitrogens with zero attached hydrogens (tertiary/aromatic N) is 1.